The highest BCUT2D eigenvalue weighted by Crippen LogP contribution is 2.16. The average Bonchev–Trinajstić information content (AvgIpc) is 2.34. The smallest absolute Gasteiger partial charge is 0.137 e. The molecule has 16 heavy (non-hydrogen) atoms. The van der Waals surface area contributed by atoms with Gasteiger partial charge in [-0.15, -0.1) is 0 Å². The quantitative estimate of drug-likeness (QED) is 0.737. The van der Waals surface area contributed by atoms with Gasteiger partial charge in [0.05, 0.1) is 12.2 Å². The first-order valence-corrected chi connectivity index (χ1v) is 6.34. The van der Waals surface area contributed by atoms with Crippen LogP contribution < -0.4 is 4.74 Å². The molecule has 3 nitrogen and oxygen atoms in total. The standard InChI is InChI=1S/C12H15NO2S/c13-10-11-4-1-2-5-12(11)15-7-9-16-8-3-6-14/h1-2,4-5,14H,3,6-9H2. The Morgan fingerprint density at radius 2 is 2.12 bits per heavy atom. The molecule has 0 bridgehead atoms. The molecule has 1 N–H and O–H groups in total. The number of aliphatic hydroxyl groups excluding tert-OH is 1. The minimum absolute atomic E-state index is 0.241. The van der Waals surface area contributed by atoms with E-state index in [-0.39, 0.29) is 6.61 Å². The van der Waals surface area contributed by atoms with E-state index in [4.69, 9.17) is 15.1 Å². The van der Waals surface area contributed by atoms with Crippen LogP contribution in [0.3, 0.4) is 0 Å². The van der Waals surface area contributed by atoms with Gasteiger partial charge in [0.15, 0.2) is 0 Å². The molecule has 0 saturated carbocycles. The minimum atomic E-state index is 0.241. The first-order valence-electron chi connectivity index (χ1n) is 5.19. The molecule has 86 valence electrons. The number of thioether (sulfide) groups is 1. The van der Waals surface area contributed by atoms with Crippen molar-refractivity contribution in [3.8, 4) is 11.8 Å². The molecule has 0 aliphatic rings. The normalized spacial score (nSPS) is 9.75. The summed E-state index contributed by atoms with van der Waals surface area (Å²) >= 11 is 1.74. The number of hydrogen-bond donors (Lipinski definition) is 1. The van der Waals surface area contributed by atoms with E-state index in [1.54, 1.807) is 23.9 Å². The number of ether oxygens (including phenoxy) is 1. The SMILES string of the molecule is N#Cc1ccccc1OCCSCCCO. The van der Waals surface area contributed by atoms with Gasteiger partial charge in [0.2, 0.25) is 0 Å². The molecule has 4 heteroatoms. The molecule has 0 spiro atoms. The third kappa shape index (κ3) is 4.56. The molecule has 0 unspecified atom stereocenters. The van der Waals surface area contributed by atoms with Gasteiger partial charge in [-0.25, -0.2) is 0 Å². The van der Waals surface area contributed by atoms with Crippen molar-refractivity contribution in [1.29, 1.82) is 5.26 Å². The van der Waals surface area contributed by atoms with Crippen LogP contribution in [0.5, 0.6) is 5.75 Å². The fourth-order valence-corrected chi connectivity index (χ4v) is 1.90. The summed E-state index contributed by atoms with van der Waals surface area (Å²) in [7, 11) is 0. The molecule has 0 fully saturated rings. The van der Waals surface area contributed by atoms with E-state index < -0.39 is 0 Å². The predicted molar refractivity (Wildman–Crippen MR) is 65.7 cm³/mol. The highest BCUT2D eigenvalue weighted by atomic mass is 32.2. The Bertz CT molecular complexity index is 349. The predicted octanol–water partition coefficient (Wildman–Crippen LogP) is 2.05. The van der Waals surface area contributed by atoms with Gasteiger partial charge in [0.25, 0.3) is 0 Å². The van der Waals surface area contributed by atoms with E-state index in [0.717, 1.165) is 17.9 Å². The van der Waals surface area contributed by atoms with Crippen molar-refractivity contribution >= 4 is 11.8 Å². The first-order chi connectivity index (χ1) is 7.88. The molecule has 1 aromatic carbocycles. The van der Waals surface area contributed by atoms with Crippen molar-refractivity contribution in [2.75, 3.05) is 24.7 Å². The topological polar surface area (TPSA) is 53.2 Å². The maximum absolute atomic E-state index is 8.83. The highest BCUT2D eigenvalue weighted by molar-refractivity contribution is 7.99. The van der Waals surface area contributed by atoms with Crippen LogP contribution in [0.25, 0.3) is 0 Å². The van der Waals surface area contributed by atoms with E-state index >= 15 is 0 Å². The molecule has 0 radical (unpaired) electrons. The summed E-state index contributed by atoms with van der Waals surface area (Å²) in [5.74, 6) is 2.47. The van der Waals surface area contributed by atoms with E-state index in [9.17, 15) is 0 Å². The molecule has 0 amide bonds. The lowest BCUT2D eigenvalue weighted by atomic mass is 10.2. The van der Waals surface area contributed by atoms with E-state index in [0.29, 0.717) is 17.9 Å². The lowest BCUT2D eigenvalue weighted by Gasteiger charge is -2.06. The largest absolute Gasteiger partial charge is 0.491 e. The molecule has 0 aromatic heterocycles. The van der Waals surface area contributed by atoms with Crippen LogP contribution in [-0.2, 0) is 0 Å². The Kier molecular flexibility index (Phi) is 6.47. The molecule has 0 saturated heterocycles. The number of rotatable bonds is 7. The maximum atomic E-state index is 8.83. The maximum Gasteiger partial charge on any atom is 0.137 e. The summed E-state index contributed by atoms with van der Waals surface area (Å²) < 4.78 is 5.50. The second kappa shape index (κ2) is 8.03. The van der Waals surface area contributed by atoms with Crippen LogP contribution >= 0.6 is 11.8 Å². The van der Waals surface area contributed by atoms with Crippen LogP contribution in [0.1, 0.15) is 12.0 Å². The van der Waals surface area contributed by atoms with Crippen molar-refractivity contribution < 1.29 is 9.84 Å². The number of hydrogen-bond acceptors (Lipinski definition) is 4. The van der Waals surface area contributed by atoms with Crippen LogP contribution in [0.4, 0.5) is 0 Å². The van der Waals surface area contributed by atoms with Gasteiger partial charge in [0, 0.05) is 12.4 Å². The molecule has 0 heterocycles. The third-order valence-corrected chi connectivity index (χ3v) is 2.97. The first kappa shape index (κ1) is 12.9. The monoisotopic (exact) mass is 237 g/mol. The number of benzene rings is 1. The molecule has 1 rings (SSSR count). The summed E-state index contributed by atoms with van der Waals surface area (Å²) in [5.41, 5.74) is 0.572. The summed E-state index contributed by atoms with van der Waals surface area (Å²) in [5, 5.41) is 17.4. The number of nitrogens with zero attached hydrogens (tertiary/aromatic N) is 1. The van der Waals surface area contributed by atoms with Crippen molar-refractivity contribution in [3.63, 3.8) is 0 Å². The zero-order chi connectivity index (χ0) is 11.6. The van der Waals surface area contributed by atoms with Gasteiger partial charge >= 0.3 is 0 Å². The summed E-state index contributed by atoms with van der Waals surface area (Å²) in [6, 6.07) is 9.32. The van der Waals surface area contributed by atoms with Crippen molar-refractivity contribution in [3.05, 3.63) is 29.8 Å². The lowest BCUT2D eigenvalue weighted by Crippen LogP contribution is -2.02. The zero-order valence-corrected chi connectivity index (χ0v) is 9.87. The Morgan fingerprint density at radius 1 is 1.31 bits per heavy atom. The Hall–Kier alpha value is -1.18. The van der Waals surface area contributed by atoms with Crippen molar-refractivity contribution in [1.82, 2.24) is 0 Å². The van der Waals surface area contributed by atoms with Gasteiger partial charge in [-0.2, -0.15) is 17.0 Å². The lowest BCUT2D eigenvalue weighted by molar-refractivity contribution is 0.296. The average molecular weight is 237 g/mol. The van der Waals surface area contributed by atoms with Gasteiger partial charge < -0.3 is 9.84 Å². The Labute approximate surface area is 100 Å². The van der Waals surface area contributed by atoms with Crippen molar-refractivity contribution in [2.45, 2.75) is 6.42 Å². The minimum Gasteiger partial charge on any atom is -0.491 e. The number of para-hydroxylation sites is 1. The summed E-state index contributed by atoms with van der Waals surface area (Å²) in [6.45, 7) is 0.833. The molecular formula is C12H15NO2S. The van der Waals surface area contributed by atoms with E-state index in [1.807, 2.05) is 12.1 Å². The molecule has 0 aliphatic heterocycles. The second-order valence-electron chi connectivity index (χ2n) is 3.15. The van der Waals surface area contributed by atoms with Gasteiger partial charge in [-0.3, -0.25) is 0 Å². The number of aliphatic hydroxyl groups is 1. The zero-order valence-electron chi connectivity index (χ0n) is 9.06. The van der Waals surface area contributed by atoms with E-state index in [2.05, 4.69) is 6.07 Å². The van der Waals surface area contributed by atoms with Gasteiger partial charge in [-0.05, 0) is 24.3 Å². The fourth-order valence-electron chi connectivity index (χ4n) is 1.16. The van der Waals surface area contributed by atoms with Gasteiger partial charge in [-0.1, -0.05) is 12.1 Å². The van der Waals surface area contributed by atoms with Crippen LogP contribution in [0.15, 0.2) is 24.3 Å². The summed E-state index contributed by atoms with van der Waals surface area (Å²) in [6.07, 6.45) is 0.819. The Balaban J connectivity index is 2.24. The van der Waals surface area contributed by atoms with Crippen molar-refractivity contribution in [2.24, 2.45) is 0 Å². The van der Waals surface area contributed by atoms with Crippen LogP contribution in [-0.4, -0.2) is 29.8 Å². The van der Waals surface area contributed by atoms with E-state index in [1.165, 1.54) is 0 Å². The number of nitriles is 1. The summed E-state index contributed by atoms with van der Waals surface area (Å²) in [4.78, 5) is 0. The molecule has 1 aromatic rings. The van der Waals surface area contributed by atoms with Crippen LogP contribution in [0, 0.1) is 11.3 Å². The second-order valence-corrected chi connectivity index (χ2v) is 4.37. The molecule has 0 atom stereocenters. The highest BCUT2D eigenvalue weighted by Gasteiger charge is 2.00. The fraction of sp³-hybridized carbons (Fsp3) is 0.417. The molecular weight excluding hydrogens is 222 g/mol. The van der Waals surface area contributed by atoms with Crippen LogP contribution in [0.2, 0.25) is 0 Å². The third-order valence-electron chi connectivity index (χ3n) is 1.94. The molecule has 0 aliphatic carbocycles. The van der Waals surface area contributed by atoms with Gasteiger partial charge in [0.1, 0.15) is 11.8 Å². The Morgan fingerprint density at radius 3 is 2.88 bits per heavy atom.